The Bertz CT molecular complexity index is 276. The third-order valence-electron chi connectivity index (χ3n) is 5.47. The van der Waals surface area contributed by atoms with Crippen LogP contribution in [0.3, 0.4) is 0 Å². The highest BCUT2D eigenvalue weighted by molar-refractivity contribution is 4.95. The van der Waals surface area contributed by atoms with Crippen molar-refractivity contribution in [3.63, 3.8) is 0 Å². The first-order valence-corrected chi connectivity index (χ1v) is 12.1. The average Bonchev–Trinajstić information content (AvgIpc) is 2.66. The second-order valence-electron chi connectivity index (χ2n) is 8.13. The fourth-order valence-electron chi connectivity index (χ4n) is 3.69. The van der Waals surface area contributed by atoms with E-state index in [-0.39, 0.29) is 0 Å². The molecule has 0 heteroatoms. The van der Waals surface area contributed by atoms with Gasteiger partial charge in [0.25, 0.3) is 0 Å². The van der Waals surface area contributed by atoms with Gasteiger partial charge in [-0.25, -0.2) is 0 Å². The quantitative estimate of drug-likeness (QED) is 0.133. The zero-order valence-electron chi connectivity index (χ0n) is 18.2. The molecule has 1 radical (unpaired) electrons. The molecule has 0 N–H and O–H groups in total. The lowest BCUT2D eigenvalue weighted by atomic mass is 10.0. The molecule has 0 amide bonds. The standard InChI is InChI=1S/C26H49/c1-3-5-7-9-11-13-15-17-19-21-23-25-26-24-22-20-18-16-14-12-10-8-6-4-2/h1,3,5,7H,4,6,8-26H2,2H3/b3-1?,7-5+. The van der Waals surface area contributed by atoms with Crippen LogP contribution in [0.4, 0.5) is 0 Å². The Morgan fingerprint density at radius 2 is 0.769 bits per heavy atom. The predicted molar refractivity (Wildman–Crippen MR) is 121 cm³/mol. The van der Waals surface area contributed by atoms with E-state index in [0.717, 1.165) is 0 Å². The van der Waals surface area contributed by atoms with Crippen molar-refractivity contribution in [2.45, 2.75) is 142 Å². The van der Waals surface area contributed by atoms with E-state index in [0.29, 0.717) is 0 Å². The summed E-state index contributed by atoms with van der Waals surface area (Å²) < 4.78 is 0. The van der Waals surface area contributed by atoms with Gasteiger partial charge in [-0.2, -0.15) is 0 Å². The number of allylic oxidation sites excluding steroid dienone is 3. The third kappa shape index (κ3) is 23.5. The van der Waals surface area contributed by atoms with Gasteiger partial charge in [0.2, 0.25) is 0 Å². The van der Waals surface area contributed by atoms with Crippen LogP contribution in [0.5, 0.6) is 0 Å². The molecule has 0 rings (SSSR count). The van der Waals surface area contributed by atoms with Crippen molar-refractivity contribution >= 4 is 0 Å². The van der Waals surface area contributed by atoms with Crippen molar-refractivity contribution < 1.29 is 0 Å². The lowest BCUT2D eigenvalue weighted by Gasteiger charge is -2.04. The Balaban J connectivity index is 2.99. The molecule has 0 unspecified atom stereocenters. The minimum atomic E-state index is 1.19. The number of unbranched alkanes of at least 4 members (excludes halogenated alkanes) is 20. The number of hydrogen-bond donors (Lipinski definition) is 0. The van der Waals surface area contributed by atoms with Crippen LogP contribution in [-0.4, -0.2) is 0 Å². The average molecular weight is 362 g/mol. The monoisotopic (exact) mass is 361 g/mol. The summed E-state index contributed by atoms with van der Waals surface area (Å²) in [5, 5.41) is 0. The highest BCUT2D eigenvalue weighted by Gasteiger charge is 1.95. The van der Waals surface area contributed by atoms with Crippen LogP contribution in [0.2, 0.25) is 0 Å². The molecule has 153 valence electrons. The minimum absolute atomic E-state index is 1.19. The van der Waals surface area contributed by atoms with E-state index in [1.165, 1.54) is 135 Å². The molecule has 0 aromatic carbocycles. The highest BCUT2D eigenvalue weighted by Crippen LogP contribution is 2.15. The van der Waals surface area contributed by atoms with E-state index in [9.17, 15) is 0 Å². The Kier molecular flexibility index (Phi) is 24.0. The van der Waals surface area contributed by atoms with Crippen LogP contribution in [0.25, 0.3) is 0 Å². The number of hydrogen-bond acceptors (Lipinski definition) is 0. The molecule has 26 heavy (non-hydrogen) atoms. The summed E-state index contributed by atoms with van der Waals surface area (Å²) in [7, 11) is 0. The van der Waals surface area contributed by atoms with E-state index in [1.54, 1.807) is 6.08 Å². The van der Waals surface area contributed by atoms with Crippen molar-refractivity contribution in [2.75, 3.05) is 0 Å². The molecule has 0 aliphatic rings. The second kappa shape index (κ2) is 24.5. The van der Waals surface area contributed by atoms with Crippen molar-refractivity contribution in [2.24, 2.45) is 0 Å². The molecule has 0 atom stereocenters. The van der Waals surface area contributed by atoms with Gasteiger partial charge >= 0.3 is 0 Å². The fraction of sp³-hybridized carbons (Fsp3) is 0.846. The van der Waals surface area contributed by atoms with Crippen LogP contribution in [0.15, 0.2) is 18.2 Å². The van der Waals surface area contributed by atoms with Gasteiger partial charge in [-0.15, -0.1) is 0 Å². The zero-order chi connectivity index (χ0) is 19.0. The summed E-state index contributed by atoms with van der Waals surface area (Å²) in [5.74, 6) is 0. The maximum Gasteiger partial charge on any atom is -0.0348 e. The van der Waals surface area contributed by atoms with Crippen molar-refractivity contribution in [3.05, 3.63) is 24.8 Å². The molecule has 0 heterocycles. The second-order valence-corrected chi connectivity index (χ2v) is 8.13. The van der Waals surface area contributed by atoms with E-state index in [4.69, 9.17) is 6.58 Å². The molecule has 0 aromatic heterocycles. The van der Waals surface area contributed by atoms with Crippen molar-refractivity contribution in [3.8, 4) is 0 Å². The van der Waals surface area contributed by atoms with Gasteiger partial charge in [0.1, 0.15) is 0 Å². The topological polar surface area (TPSA) is 0 Å². The third-order valence-corrected chi connectivity index (χ3v) is 5.47. The molecule has 0 saturated carbocycles. The summed E-state index contributed by atoms with van der Waals surface area (Å²) >= 11 is 0. The van der Waals surface area contributed by atoms with Gasteiger partial charge in [-0.05, 0) is 12.8 Å². The molecule has 0 aliphatic carbocycles. The Morgan fingerprint density at radius 1 is 0.462 bits per heavy atom. The SMILES string of the molecule is [CH]=C/C=C/CCCCCCCCCCCCCCCCCCCCCC. The van der Waals surface area contributed by atoms with Gasteiger partial charge in [0.05, 0.1) is 0 Å². The molecule has 0 spiro atoms. The van der Waals surface area contributed by atoms with Crippen LogP contribution >= 0.6 is 0 Å². The minimum Gasteiger partial charge on any atom is -0.0845 e. The molecule has 0 aliphatic heterocycles. The number of rotatable bonds is 22. The largest absolute Gasteiger partial charge is 0.0845 e. The van der Waals surface area contributed by atoms with Gasteiger partial charge < -0.3 is 0 Å². The first-order valence-electron chi connectivity index (χ1n) is 12.1. The highest BCUT2D eigenvalue weighted by atomic mass is 14.0. The smallest absolute Gasteiger partial charge is 0.0348 e. The van der Waals surface area contributed by atoms with Crippen molar-refractivity contribution in [1.29, 1.82) is 0 Å². The van der Waals surface area contributed by atoms with E-state index in [2.05, 4.69) is 13.0 Å². The Morgan fingerprint density at radius 3 is 1.08 bits per heavy atom. The zero-order valence-corrected chi connectivity index (χ0v) is 18.2. The Labute approximate surface area is 166 Å². The molecule has 0 fully saturated rings. The van der Waals surface area contributed by atoms with Gasteiger partial charge in [0, 0.05) is 0 Å². The van der Waals surface area contributed by atoms with E-state index < -0.39 is 0 Å². The summed E-state index contributed by atoms with van der Waals surface area (Å²) in [6.07, 6.45) is 35.9. The molecule has 0 saturated heterocycles. The lowest BCUT2D eigenvalue weighted by molar-refractivity contribution is 0.522. The van der Waals surface area contributed by atoms with E-state index in [1.807, 2.05) is 6.08 Å². The summed E-state index contributed by atoms with van der Waals surface area (Å²) in [5.41, 5.74) is 0. The van der Waals surface area contributed by atoms with Crippen LogP contribution < -0.4 is 0 Å². The van der Waals surface area contributed by atoms with Gasteiger partial charge in [0.15, 0.2) is 0 Å². The van der Waals surface area contributed by atoms with Crippen LogP contribution in [0.1, 0.15) is 142 Å². The molecule has 0 aromatic rings. The first kappa shape index (κ1) is 25.5. The molecular weight excluding hydrogens is 312 g/mol. The lowest BCUT2D eigenvalue weighted by Crippen LogP contribution is -1.84. The van der Waals surface area contributed by atoms with E-state index >= 15 is 0 Å². The summed E-state index contributed by atoms with van der Waals surface area (Å²) in [6, 6.07) is 0. The van der Waals surface area contributed by atoms with Crippen molar-refractivity contribution in [1.82, 2.24) is 0 Å². The maximum absolute atomic E-state index is 5.31. The van der Waals surface area contributed by atoms with Crippen LogP contribution in [-0.2, 0) is 0 Å². The molecule has 0 bridgehead atoms. The Hall–Kier alpha value is -0.520. The fourth-order valence-corrected chi connectivity index (χ4v) is 3.69. The predicted octanol–water partition coefficient (Wildman–Crippen LogP) is 9.74. The van der Waals surface area contributed by atoms with Gasteiger partial charge in [-0.1, -0.05) is 154 Å². The maximum atomic E-state index is 5.31. The molecule has 0 nitrogen and oxygen atoms in total. The summed E-state index contributed by atoms with van der Waals surface area (Å²) in [4.78, 5) is 0. The summed E-state index contributed by atoms with van der Waals surface area (Å²) in [6.45, 7) is 7.60. The normalized spacial score (nSPS) is 11.4. The van der Waals surface area contributed by atoms with Gasteiger partial charge in [-0.3, -0.25) is 0 Å². The molecular formula is C26H49. The van der Waals surface area contributed by atoms with Crippen LogP contribution in [0, 0.1) is 6.58 Å². The first-order chi connectivity index (χ1) is 12.9.